The molecule has 0 aliphatic heterocycles. The van der Waals surface area contributed by atoms with Crippen LogP contribution in [0.15, 0.2) is 53.7 Å². The maximum atomic E-state index is 6.17. The van der Waals surface area contributed by atoms with Crippen molar-refractivity contribution in [2.24, 2.45) is 13.0 Å². The van der Waals surface area contributed by atoms with Crippen LogP contribution >= 0.6 is 23.4 Å². The minimum Gasteiger partial charge on any atom is -0.496 e. The van der Waals surface area contributed by atoms with Crippen molar-refractivity contribution in [2.75, 3.05) is 26.0 Å². The highest BCUT2D eigenvalue weighted by Crippen LogP contribution is 2.50. The van der Waals surface area contributed by atoms with Crippen molar-refractivity contribution in [3.05, 3.63) is 59.1 Å². The molecule has 2 atom stereocenters. The van der Waals surface area contributed by atoms with E-state index in [1.165, 1.54) is 12.0 Å². The van der Waals surface area contributed by atoms with Crippen LogP contribution in [-0.4, -0.2) is 40.7 Å². The van der Waals surface area contributed by atoms with E-state index < -0.39 is 0 Å². The van der Waals surface area contributed by atoms with E-state index in [1.54, 1.807) is 18.9 Å². The Morgan fingerprint density at radius 1 is 1.20 bits per heavy atom. The molecule has 2 aromatic carbocycles. The molecule has 1 saturated carbocycles. The first kappa shape index (κ1) is 21.2. The van der Waals surface area contributed by atoms with Crippen LogP contribution in [0.25, 0.3) is 11.4 Å². The minimum atomic E-state index is 0.551. The van der Waals surface area contributed by atoms with Crippen LogP contribution in [0.5, 0.6) is 5.75 Å². The van der Waals surface area contributed by atoms with Gasteiger partial charge in [-0.25, -0.2) is 0 Å². The molecule has 0 spiro atoms. The van der Waals surface area contributed by atoms with E-state index in [-0.39, 0.29) is 0 Å². The number of ether oxygens (including phenoxy) is 1. The van der Waals surface area contributed by atoms with E-state index in [4.69, 9.17) is 16.3 Å². The number of thioether (sulfide) groups is 1. The molecule has 158 valence electrons. The lowest BCUT2D eigenvalue weighted by molar-refractivity contribution is 0.409. The van der Waals surface area contributed by atoms with Crippen molar-refractivity contribution in [1.82, 2.24) is 20.1 Å². The Balaban J connectivity index is 1.17. The van der Waals surface area contributed by atoms with E-state index in [0.717, 1.165) is 52.6 Å². The molecular weight excluding hydrogens is 416 g/mol. The molecule has 4 rings (SSSR count). The number of benzene rings is 2. The summed E-state index contributed by atoms with van der Waals surface area (Å²) in [5.41, 5.74) is 2.33. The Kier molecular flexibility index (Phi) is 6.97. The Bertz CT molecular complexity index is 979. The maximum Gasteiger partial charge on any atom is 0.191 e. The minimum absolute atomic E-state index is 0.551. The van der Waals surface area contributed by atoms with E-state index in [9.17, 15) is 0 Å². The van der Waals surface area contributed by atoms with Gasteiger partial charge in [0, 0.05) is 23.4 Å². The van der Waals surface area contributed by atoms with Gasteiger partial charge >= 0.3 is 0 Å². The zero-order chi connectivity index (χ0) is 20.9. The molecule has 1 aromatic heterocycles. The third-order valence-electron chi connectivity index (χ3n) is 5.52. The number of hydrogen-bond acceptors (Lipinski definition) is 5. The van der Waals surface area contributed by atoms with Crippen LogP contribution in [0.1, 0.15) is 24.3 Å². The molecule has 1 aliphatic rings. The Labute approximate surface area is 187 Å². The molecule has 1 N–H and O–H groups in total. The zero-order valence-electron chi connectivity index (χ0n) is 17.3. The molecule has 1 fully saturated rings. The van der Waals surface area contributed by atoms with Crippen LogP contribution in [0.4, 0.5) is 0 Å². The SMILES string of the molecule is COc1ccc(Cl)cc1C1CC1CNCCCSc1nnc(-c2ccccc2)n1C. The maximum absolute atomic E-state index is 6.17. The van der Waals surface area contributed by atoms with Crippen molar-refractivity contribution in [3.8, 4) is 17.1 Å². The second-order valence-electron chi connectivity index (χ2n) is 7.63. The molecule has 3 aromatic rings. The number of halogens is 1. The fourth-order valence-corrected chi connectivity index (χ4v) is 4.81. The predicted octanol–water partition coefficient (Wildman–Crippen LogP) is 5.02. The highest BCUT2D eigenvalue weighted by Gasteiger charge is 2.39. The lowest BCUT2D eigenvalue weighted by Crippen LogP contribution is -2.19. The molecule has 0 bridgehead atoms. The van der Waals surface area contributed by atoms with Gasteiger partial charge in [-0.3, -0.25) is 0 Å². The van der Waals surface area contributed by atoms with Gasteiger partial charge < -0.3 is 14.6 Å². The second-order valence-corrected chi connectivity index (χ2v) is 9.12. The third-order valence-corrected chi connectivity index (χ3v) is 6.86. The molecule has 2 unspecified atom stereocenters. The monoisotopic (exact) mass is 442 g/mol. The van der Waals surface area contributed by atoms with Crippen molar-refractivity contribution in [2.45, 2.75) is 23.9 Å². The smallest absolute Gasteiger partial charge is 0.191 e. The molecule has 1 aliphatic carbocycles. The van der Waals surface area contributed by atoms with Crippen molar-refractivity contribution >= 4 is 23.4 Å². The highest BCUT2D eigenvalue weighted by molar-refractivity contribution is 7.99. The summed E-state index contributed by atoms with van der Waals surface area (Å²) in [7, 11) is 3.75. The Morgan fingerprint density at radius 3 is 2.83 bits per heavy atom. The highest BCUT2D eigenvalue weighted by atomic mass is 35.5. The molecule has 30 heavy (non-hydrogen) atoms. The van der Waals surface area contributed by atoms with E-state index in [0.29, 0.717) is 11.8 Å². The third kappa shape index (κ3) is 4.99. The average molecular weight is 443 g/mol. The number of aromatic nitrogens is 3. The zero-order valence-corrected chi connectivity index (χ0v) is 18.9. The number of nitrogens with one attached hydrogen (secondary N) is 1. The van der Waals surface area contributed by atoms with Gasteiger partial charge in [0.15, 0.2) is 11.0 Å². The molecule has 5 nitrogen and oxygen atoms in total. The Morgan fingerprint density at radius 2 is 2.03 bits per heavy atom. The summed E-state index contributed by atoms with van der Waals surface area (Å²) in [4.78, 5) is 0. The normalized spacial score (nSPS) is 17.8. The summed E-state index contributed by atoms with van der Waals surface area (Å²) >= 11 is 7.93. The summed E-state index contributed by atoms with van der Waals surface area (Å²) in [6, 6.07) is 16.1. The number of hydrogen-bond donors (Lipinski definition) is 1. The largest absolute Gasteiger partial charge is 0.496 e. The molecule has 7 heteroatoms. The molecular formula is C23H27ClN4OS. The van der Waals surface area contributed by atoms with Crippen LogP contribution in [0, 0.1) is 5.92 Å². The van der Waals surface area contributed by atoms with E-state index in [2.05, 4.69) is 32.2 Å². The molecule has 0 saturated heterocycles. The fourth-order valence-electron chi connectivity index (χ4n) is 3.78. The fraction of sp³-hybridized carbons (Fsp3) is 0.391. The van der Waals surface area contributed by atoms with Gasteiger partial charge in [-0.05, 0) is 61.5 Å². The predicted molar refractivity (Wildman–Crippen MR) is 124 cm³/mol. The first-order chi connectivity index (χ1) is 14.7. The standard InChI is InChI=1S/C23H27ClN4OS/c1-28-22(16-7-4-3-5-8-16)26-27-23(28)30-12-6-11-25-15-17-13-19(17)20-14-18(24)9-10-21(20)29-2/h3-5,7-10,14,17,19,25H,6,11-13,15H2,1-2H3. The van der Waals surface area contributed by atoms with Crippen LogP contribution in [-0.2, 0) is 7.05 Å². The quantitative estimate of drug-likeness (QED) is 0.353. The van der Waals surface area contributed by atoms with Crippen LogP contribution in [0.3, 0.4) is 0 Å². The van der Waals surface area contributed by atoms with Gasteiger partial charge in [-0.1, -0.05) is 53.7 Å². The van der Waals surface area contributed by atoms with Crippen LogP contribution < -0.4 is 10.1 Å². The Hall–Kier alpha value is -2.02. The lowest BCUT2D eigenvalue weighted by atomic mass is 10.1. The first-order valence-corrected chi connectivity index (χ1v) is 11.7. The summed E-state index contributed by atoms with van der Waals surface area (Å²) in [5, 5.41) is 14.0. The van der Waals surface area contributed by atoms with Gasteiger partial charge in [0.1, 0.15) is 5.75 Å². The van der Waals surface area contributed by atoms with Crippen molar-refractivity contribution in [1.29, 1.82) is 0 Å². The summed E-state index contributed by atoms with van der Waals surface area (Å²) in [5.74, 6) is 4.09. The van der Waals surface area contributed by atoms with Crippen LogP contribution in [0.2, 0.25) is 5.02 Å². The van der Waals surface area contributed by atoms with Crippen molar-refractivity contribution in [3.63, 3.8) is 0 Å². The number of rotatable bonds is 10. The van der Waals surface area contributed by atoms with Gasteiger partial charge in [0.25, 0.3) is 0 Å². The number of methoxy groups -OCH3 is 1. The first-order valence-electron chi connectivity index (χ1n) is 10.3. The summed E-state index contributed by atoms with van der Waals surface area (Å²) in [6.45, 7) is 2.04. The van der Waals surface area contributed by atoms with E-state index >= 15 is 0 Å². The van der Waals surface area contributed by atoms with E-state index in [1.807, 2.05) is 43.4 Å². The van der Waals surface area contributed by atoms with Crippen molar-refractivity contribution < 1.29 is 4.74 Å². The number of nitrogens with zero attached hydrogens (tertiary/aromatic N) is 3. The van der Waals surface area contributed by atoms with Gasteiger partial charge in [-0.2, -0.15) is 0 Å². The summed E-state index contributed by atoms with van der Waals surface area (Å²) in [6.07, 6.45) is 2.29. The summed E-state index contributed by atoms with van der Waals surface area (Å²) < 4.78 is 7.56. The second kappa shape index (κ2) is 9.86. The van der Waals surface area contributed by atoms with Gasteiger partial charge in [0.05, 0.1) is 7.11 Å². The lowest BCUT2D eigenvalue weighted by Gasteiger charge is -2.09. The average Bonchev–Trinajstić information content (AvgIpc) is 3.45. The molecule has 0 amide bonds. The molecule has 1 heterocycles. The van der Waals surface area contributed by atoms with Gasteiger partial charge in [-0.15, -0.1) is 10.2 Å². The topological polar surface area (TPSA) is 52.0 Å². The van der Waals surface area contributed by atoms with Gasteiger partial charge in [0.2, 0.25) is 0 Å². The molecule has 0 radical (unpaired) electrons.